The monoisotopic (exact) mass is 278 g/mol. The molecule has 1 aliphatic rings. The molecular formula is C12H22O7. The molecule has 6 atom stereocenters. The number of carbonyl (C=O) groups is 1. The van der Waals surface area contributed by atoms with Crippen LogP contribution in [0.15, 0.2) is 0 Å². The Morgan fingerprint density at radius 2 is 1.89 bits per heavy atom. The van der Waals surface area contributed by atoms with Gasteiger partial charge in [-0.15, -0.1) is 0 Å². The van der Waals surface area contributed by atoms with Crippen molar-refractivity contribution < 1.29 is 34.7 Å². The Hall–Kier alpha value is -0.730. The fraction of sp³-hybridized carbons (Fsp3) is 0.917. The standard InChI is InChI=1S/C12H22O7/c1-3-18-12(17)7(4-5-13)11-10(16)9(15)8(14)6(2)19-11/h6-11,13-16H,3-5H2,1-2H3/t6-,7?,8-,9+,10+,11?/m0/s1. The van der Waals surface area contributed by atoms with Crippen LogP contribution in [0, 0.1) is 5.92 Å². The molecule has 2 unspecified atom stereocenters. The zero-order chi connectivity index (χ0) is 14.6. The molecule has 7 nitrogen and oxygen atoms in total. The summed E-state index contributed by atoms with van der Waals surface area (Å²) in [5.74, 6) is -1.49. The molecule has 0 aliphatic carbocycles. The van der Waals surface area contributed by atoms with Crippen LogP contribution < -0.4 is 0 Å². The first-order chi connectivity index (χ1) is 8.93. The molecule has 0 saturated carbocycles. The first-order valence-corrected chi connectivity index (χ1v) is 6.41. The molecule has 1 heterocycles. The van der Waals surface area contributed by atoms with Crippen LogP contribution in [-0.4, -0.2) is 70.1 Å². The second-order valence-corrected chi connectivity index (χ2v) is 4.65. The van der Waals surface area contributed by atoms with Gasteiger partial charge in [-0.3, -0.25) is 4.79 Å². The summed E-state index contributed by atoms with van der Waals surface area (Å²) >= 11 is 0. The molecule has 0 radical (unpaired) electrons. The van der Waals surface area contributed by atoms with E-state index < -0.39 is 42.4 Å². The van der Waals surface area contributed by atoms with Crippen molar-refractivity contribution in [2.75, 3.05) is 13.2 Å². The van der Waals surface area contributed by atoms with Gasteiger partial charge in [-0.1, -0.05) is 0 Å². The van der Waals surface area contributed by atoms with Crippen LogP contribution >= 0.6 is 0 Å². The third kappa shape index (κ3) is 3.64. The smallest absolute Gasteiger partial charge is 0.311 e. The van der Waals surface area contributed by atoms with Gasteiger partial charge in [0.1, 0.15) is 18.3 Å². The summed E-state index contributed by atoms with van der Waals surface area (Å²) in [5, 5.41) is 38.2. The highest BCUT2D eigenvalue weighted by Gasteiger charge is 2.47. The maximum Gasteiger partial charge on any atom is 0.311 e. The van der Waals surface area contributed by atoms with Gasteiger partial charge in [0.05, 0.1) is 24.7 Å². The highest BCUT2D eigenvalue weighted by Crippen LogP contribution is 2.28. The van der Waals surface area contributed by atoms with E-state index in [2.05, 4.69) is 0 Å². The van der Waals surface area contributed by atoms with Crippen molar-refractivity contribution in [2.45, 2.75) is 50.8 Å². The van der Waals surface area contributed by atoms with E-state index in [0.29, 0.717) is 0 Å². The Morgan fingerprint density at radius 3 is 2.42 bits per heavy atom. The number of carbonyl (C=O) groups excluding carboxylic acids is 1. The van der Waals surface area contributed by atoms with E-state index in [0.717, 1.165) is 0 Å². The lowest BCUT2D eigenvalue weighted by Crippen LogP contribution is -2.59. The minimum Gasteiger partial charge on any atom is -0.466 e. The maximum atomic E-state index is 11.8. The summed E-state index contributed by atoms with van der Waals surface area (Å²) in [5.41, 5.74) is 0. The molecule has 112 valence electrons. The van der Waals surface area contributed by atoms with E-state index in [1.807, 2.05) is 0 Å². The lowest BCUT2D eigenvalue weighted by atomic mass is 9.86. The molecule has 19 heavy (non-hydrogen) atoms. The van der Waals surface area contributed by atoms with Crippen LogP contribution in [0.5, 0.6) is 0 Å². The van der Waals surface area contributed by atoms with Crippen LogP contribution in [0.25, 0.3) is 0 Å². The van der Waals surface area contributed by atoms with E-state index in [1.54, 1.807) is 6.92 Å². The van der Waals surface area contributed by atoms with Crippen molar-refractivity contribution in [3.63, 3.8) is 0 Å². The van der Waals surface area contributed by atoms with Crippen LogP contribution in [0.2, 0.25) is 0 Å². The van der Waals surface area contributed by atoms with Gasteiger partial charge in [0, 0.05) is 6.61 Å². The van der Waals surface area contributed by atoms with Gasteiger partial charge in [0.2, 0.25) is 0 Å². The fourth-order valence-electron chi connectivity index (χ4n) is 2.22. The minimum atomic E-state index is -1.41. The molecule has 1 fully saturated rings. The molecule has 1 saturated heterocycles. The summed E-state index contributed by atoms with van der Waals surface area (Å²) in [6.45, 7) is 3.08. The molecule has 1 rings (SSSR count). The molecule has 0 spiro atoms. The predicted molar refractivity (Wildman–Crippen MR) is 64.2 cm³/mol. The number of aliphatic hydroxyl groups excluding tert-OH is 4. The van der Waals surface area contributed by atoms with Crippen molar-refractivity contribution in [1.29, 1.82) is 0 Å². The number of hydrogen-bond acceptors (Lipinski definition) is 7. The van der Waals surface area contributed by atoms with Gasteiger partial charge in [0.15, 0.2) is 0 Å². The topological polar surface area (TPSA) is 116 Å². The lowest BCUT2D eigenvalue weighted by Gasteiger charge is -2.41. The highest BCUT2D eigenvalue weighted by molar-refractivity contribution is 5.73. The number of hydrogen-bond donors (Lipinski definition) is 4. The largest absolute Gasteiger partial charge is 0.466 e. The summed E-state index contributed by atoms with van der Waals surface area (Å²) in [7, 11) is 0. The Balaban J connectivity index is 2.85. The van der Waals surface area contributed by atoms with E-state index in [1.165, 1.54) is 6.92 Å². The van der Waals surface area contributed by atoms with Gasteiger partial charge in [-0.2, -0.15) is 0 Å². The molecule has 0 aromatic rings. The zero-order valence-electron chi connectivity index (χ0n) is 11.1. The van der Waals surface area contributed by atoms with Gasteiger partial charge in [-0.25, -0.2) is 0 Å². The molecular weight excluding hydrogens is 256 g/mol. The quantitative estimate of drug-likeness (QED) is 0.448. The first kappa shape index (κ1) is 16.3. The van der Waals surface area contributed by atoms with E-state index in [-0.39, 0.29) is 19.6 Å². The zero-order valence-corrected chi connectivity index (χ0v) is 11.1. The first-order valence-electron chi connectivity index (χ1n) is 6.41. The van der Waals surface area contributed by atoms with E-state index in [4.69, 9.17) is 14.6 Å². The summed E-state index contributed by atoms with van der Waals surface area (Å²) < 4.78 is 10.3. The third-order valence-corrected chi connectivity index (χ3v) is 3.32. The van der Waals surface area contributed by atoms with Crippen LogP contribution in [0.4, 0.5) is 0 Å². The lowest BCUT2D eigenvalue weighted by molar-refractivity contribution is -0.233. The molecule has 0 bridgehead atoms. The van der Waals surface area contributed by atoms with Crippen LogP contribution in [-0.2, 0) is 14.3 Å². The molecule has 0 aromatic carbocycles. The van der Waals surface area contributed by atoms with Gasteiger partial charge < -0.3 is 29.9 Å². The average molecular weight is 278 g/mol. The predicted octanol–water partition coefficient (Wildman–Crippen LogP) is -1.58. The molecule has 0 amide bonds. The average Bonchev–Trinajstić information content (AvgIpc) is 2.38. The maximum absolute atomic E-state index is 11.8. The molecule has 1 aliphatic heterocycles. The summed E-state index contributed by atoms with van der Waals surface area (Å²) in [6.07, 6.45) is -5.71. The van der Waals surface area contributed by atoms with Crippen LogP contribution in [0.3, 0.4) is 0 Å². The Kier molecular flexibility index (Phi) is 6.15. The Morgan fingerprint density at radius 1 is 1.26 bits per heavy atom. The SMILES string of the molecule is CCOC(=O)C(CCO)C1O[C@@H](C)[C@H](O)[C@@H](O)[C@H]1O. The number of rotatable bonds is 5. The van der Waals surface area contributed by atoms with E-state index >= 15 is 0 Å². The van der Waals surface area contributed by atoms with Gasteiger partial charge in [-0.05, 0) is 20.3 Å². The molecule has 4 N–H and O–H groups in total. The second-order valence-electron chi connectivity index (χ2n) is 4.65. The number of esters is 1. The van der Waals surface area contributed by atoms with Crippen molar-refractivity contribution >= 4 is 5.97 Å². The van der Waals surface area contributed by atoms with Crippen molar-refractivity contribution in [2.24, 2.45) is 5.92 Å². The van der Waals surface area contributed by atoms with Crippen molar-refractivity contribution in [3.8, 4) is 0 Å². The van der Waals surface area contributed by atoms with Gasteiger partial charge >= 0.3 is 5.97 Å². The third-order valence-electron chi connectivity index (χ3n) is 3.32. The van der Waals surface area contributed by atoms with Crippen molar-refractivity contribution in [1.82, 2.24) is 0 Å². The molecule has 0 aromatic heterocycles. The van der Waals surface area contributed by atoms with E-state index in [9.17, 15) is 20.1 Å². The fourth-order valence-corrected chi connectivity index (χ4v) is 2.22. The Labute approximate surface area is 111 Å². The van der Waals surface area contributed by atoms with Crippen LogP contribution in [0.1, 0.15) is 20.3 Å². The van der Waals surface area contributed by atoms with Crippen molar-refractivity contribution in [3.05, 3.63) is 0 Å². The van der Waals surface area contributed by atoms with Gasteiger partial charge in [0.25, 0.3) is 0 Å². The number of aliphatic hydroxyl groups is 4. The Bertz CT molecular complexity index is 296. The molecule has 7 heteroatoms. The number of ether oxygens (including phenoxy) is 2. The summed E-state index contributed by atoms with van der Waals surface area (Å²) in [4.78, 5) is 11.8. The highest BCUT2D eigenvalue weighted by atomic mass is 16.6. The summed E-state index contributed by atoms with van der Waals surface area (Å²) in [6, 6.07) is 0. The normalized spacial score (nSPS) is 36.8. The second kappa shape index (κ2) is 7.16. The minimum absolute atomic E-state index is 0.0517.